The van der Waals surface area contributed by atoms with Crippen LogP contribution in [0, 0.1) is 13.8 Å². The molecular formula is C23H26N6O3S. The lowest BCUT2D eigenvalue weighted by molar-refractivity contribution is 0.301. The monoisotopic (exact) mass is 466 g/mol. The summed E-state index contributed by atoms with van der Waals surface area (Å²) in [5, 5.41) is 11.5. The highest BCUT2D eigenvalue weighted by molar-refractivity contribution is 7.97. The van der Waals surface area contributed by atoms with E-state index in [1.165, 1.54) is 4.52 Å². The van der Waals surface area contributed by atoms with Gasteiger partial charge in [0.05, 0.1) is 5.69 Å². The van der Waals surface area contributed by atoms with Crippen LogP contribution in [-0.2, 0) is 9.71 Å². The van der Waals surface area contributed by atoms with Crippen molar-refractivity contribution < 1.29 is 8.63 Å². The quantitative estimate of drug-likeness (QED) is 0.463. The molecule has 0 bridgehead atoms. The van der Waals surface area contributed by atoms with E-state index in [0.29, 0.717) is 35.9 Å². The Balaban J connectivity index is 1.51. The summed E-state index contributed by atoms with van der Waals surface area (Å²) >= 11 is 0. The summed E-state index contributed by atoms with van der Waals surface area (Å²) in [4.78, 5) is 18.1. The van der Waals surface area contributed by atoms with Crippen LogP contribution >= 0.6 is 0 Å². The fourth-order valence-corrected chi connectivity index (χ4v) is 5.46. The molecule has 1 atom stereocenters. The SMILES string of the molecule is C=S(C)(=O)N1CCC(c2nnc(-c3c(C)nc4c(-c5ccccc5)c(C)[nH]n4c3=O)o2)CC1. The van der Waals surface area contributed by atoms with Gasteiger partial charge in [-0.3, -0.25) is 14.1 Å². The molecule has 1 aliphatic heterocycles. The summed E-state index contributed by atoms with van der Waals surface area (Å²) in [5.74, 6) is 4.48. The maximum Gasteiger partial charge on any atom is 0.285 e. The van der Waals surface area contributed by atoms with Gasteiger partial charge >= 0.3 is 0 Å². The van der Waals surface area contributed by atoms with Crippen LogP contribution in [0.4, 0.5) is 0 Å². The number of hydrogen-bond acceptors (Lipinski definition) is 6. The number of nitrogens with zero attached hydrogens (tertiary/aromatic N) is 5. The zero-order valence-corrected chi connectivity index (χ0v) is 19.7. The highest BCUT2D eigenvalue weighted by Crippen LogP contribution is 2.31. The average Bonchev–Trinajstić information content (AvgIpc) is 3.39. The van der Waals surface area contributed by atoms with Crippen LogP contribution in [0.3, 0.4) is 0 Å². The van der Waals surface area contributed by atoms with Crippen molar-refractivity contribution in [1.29, 1.82) is 0 Å². The van der Waals surface area contributed by atoms with Crippen molar-refractivity contribution in [2.75, 3.05) is 19.3 Å². The van der Waals surface area contributed by atoms with Crippen LogP contribution < -0.4 is 5.56 Å². The first-order valence-corrected chi connectivity index (χ1v) is 12.9. The average molecular weight is 467 g/mol. The molecule has 0 saturated carbocycles. The van der Waals surface area contributed by atoms with E-state index < -0.39 is 9.71 Å². The number of rotatable bonds is 4. The lowest BCUT2D eigenvalue weighted by Crippen LogP contribution is -2.37. The van der Waals surface area contributed by atoms with Gasteiger partial charge in [0.1, 0.15) is 5.56 Å². The molecule has 4 heterocycles. The van der Waals surface area contributed by atoms with Crippen LogP contribution in [0.5, 0.6) is 0 Å². The zero-order valence-electron chi connectivity index (χ0n) is 18.9. The second-order valence-electron chi connectivity index (χ2n) is 8.62. The predicted octanol–water partition coefficient (Wildman–Crippen LogP) is 2.80. The van der Waals surface area contributed by atoms with Gasteiger partial charge < -0.3 is 4.42 Å². The molecule has 9 nitrogen and oxygen atoms in total. The van der Waals surface area contributed by atoms with Gasteiger partial charge in [-0.25, -0.2) is 13.8 Å². The normalized spacial score (nSPS) is 17.4. The molecule has 1 N–H and O–H groups in total. The zero-order chi connectivity index (χ0) is 23.3. The topological polar surface area (TPSA) is 109 Å². The third-order valence-electron chi connectivity index (χ3n) is 6.21. The van der Waals surface area contributed by atoms with E-state index in [9.17, 15) is 9.00 Å². The van der Waals surface area contributed by atoms with E-state index in [2.05, 4.69) is 21.2 Å². The van der Waals surface area contributed by atoms with Crippen molar-refractivity contribution in [3.05, 3.63) is 58.0 Å². The molecule has 1 unspecified atom stereocenters. The Bertz CT molecular complexity index is 1490. The van der Waals surface area contributed by atoms with E-state index >= 15 is 0 Å². The van der Waals surface area contributed by atoms with Crippen molar-refractivity contribution >= 4 is 21.2 Å². The standard InChI is InChI=1S/C23H26N6O3S/c1-14-19(22-26-25-21(32-22)17-10-12-28(13-11-17)33(3,4)31)23(30)29-20(24-14)18(15(2)27-29)16-8-6-5-7-9-16/h5-9,17,27H,3,10-13H2,1-2,4H3. The van der Waals surface area contributed by atoms with Crippen molar-refractivity contribution in [2.24, 2.45) is 0 Å². The first kappa shape index (κ1) is 21.6. The Kier molecular flexibility index (Phi) is 5.21. The molecule has 10 heteroatoms. The highest BCUT2D eigenvalue weighted by atomic mass is 32.2. The first-order valence-electron chi connectivity index (χ1n) is 10.8. The molecule has 1 aliphatic rings. The summed E-state index contributed by atoms with van der Waals surface area (Å²) in [6, 6.07) is 9.85. The fraction of sp³-hybridized carbons (Fsp3) is 0.348. The van der Waals surface area contributed by atoms with Gasteiger partial charge in [-0.15, -0.1) is 10.2 Å². The summed E-state index contributed by atoms with van der Waals surface area (Å²) in [6.07, 6.45) is 3.14. The number of nitrogens with one attached hydrogen (secondary N) is 1. The summed E-state index contributed by atoms with van der Waals surface area (Å²) in [7, 11) is -2.21. The molecule has 0 aliphatic carbocycles. The molecule has 0 spiro atoms. The number of aryl methyl sites for hydroxylation is 2. The molecule has 1 aromatic carbocycles. The van der Waals surface area contributed by atoms with Crippen molar-refractivity contribution in [3.63, 3.8) is 0 Å². The molecule has 5 rings (SSSR count). The Morgan fingerprint density at radius 3 is 2.48 bits per heavy atom. The van der Waals surface area contributed by atoms with Gasteiger partial charge in [-0.2, -0.15) is 0 Å². The number of aromatic amines is 1. The van der Waals surface area contributed by atoms with Crippen molar-refractivity contribution in [1.82, 2.24) is 29.1 Å². The van der Waals surface area contributed by atoms with Crippen LogP contribution in [0.1, 0.15) is 36.0 Å². The van der Waals surface area contributed by atoms with Crippen LogP contribution in [-0.4, -0.2) is 58.5 Å². The molecule has 1 fully saturated rings. The van der Waals surface area contributed by atoms with Gasteiger partial charge in [0.15, 0.2) is 5.65 Å². The van der Waals surface area contributed by atoms with Gasteiger partial charge in [-0.05, 0) is 38.1 Å². The Labute approximate surface area is 191 Å². The second kappa shape index (κ2) is 7.96. The van der Waals surface area contributed by atoms with Crippen LogP contribution in [0.2, 0.25) is 0 Å². The minimum Gasteiger partial charge on any atom is -0.420 e. The fourth-order valence-electron chi connectivity index (χ4n) is 4.48. The lowest BCUT2D eigenvalue weighted by Gasteiger charge is -2.30. The molecule has 4 aromatic rings. The number of H-pyrrole nitrogens is 1. The third kappa shape index (κ3) is 3.79. The van der Waals surface area contributed by atoms with Gasteiger partial charge in [0, 0.05) is 46.2 Å². The number of piperidine rings is 1. The number of benzene rings is 1. The van der Waals surface area contributed by atoms with Crippen molar-refractivity contribution in [2.45, 2.75) is 32.6 Å². The molecule has 1 saturated heterocycles. The Morgan fingerprint density at radius 1 is 1.12 bits per heavy atom. The minimum atomic E-state index is -2.21. The van der Waals surface area contributed by atoms with E-state index in [1.807, 2.05) is 41.6 Å². The Morgan fingerprint density at radius 2 is 1.82 bits per heavy atom. The third-order valence-corrected chi connectivity index (χ3v) is 7.67. The van der Waals surface area contributed by atoms with Gasteiger partial charge in [0.2, 0.25) is 5.89 Å². The van der Waals surface area contributed by atoms with Crippen LogP contribution in [0.15, 0.2) is 39.5 Å². The number of hydrogen-bond donors (Lipinski definition) is 1. The highest BCUT2D eigenvalue weighted by Gasteiger charge is 2.28. The van der Waals surface area contributed by atoms with Crippen molar-refractivity contribution in [3.8, 4) is 22.6 Å². The molecule has 3 aromatic heterocycles. The minimum absolute atomic E-state index is 0.0569. The van der Waals surface area contributed by atoms with E-state index in [1.54, 1.807) is 13.2 Å². The molecular weight excluding hydrogens is 440 g/mol. The predicted molar refractivity (Wildman–Crippen MR) is 129 cm³/mol. The van der Waals surface area contributed by atoms with E-state index in [4.69, 9.17) is 9.40 Å². The Hall–Kier alpha value is -3.24. The molecule has 0 radical (unpaired) electrons. The summed E-state index contributed by atoms with van der Waals surface area (Å²) in [5.41, 5.74) is 3.82. The van der Waals surface area contributed by atoms with Gasteiger partial charge in [0.25, 0.3) is 11.4 Å². The van der Waals surface area contributed by atoms with Crippen LogP contribution in [0.25, 0.3) is 28.2 Å². The number of fused-ring (bicyclic) bond motifs is 1. The second-order valence-corrected chi connectivity index (χ2v) is 11.1. The summed E-state index contributed by atoms with van der Waals surface area (Å²) < 4.78 is 21.5. The largest absolute Gasteiger partial charge is 0.420 e. The van der Waals surface area contributed by atoms with Gasteiger partial charge in [-0.1, -0.05) is 30.3 Å². The maximum atomic E-state index is 13.4. The first-order chi connectivity index (χ1) is 15.7. The molecule has 33 heavy (non-hydrogen) atoms. The number of aromatic nitrogens is 5. The van der Waals surface area contributed by atoms with E-state index in [-0.39, 0.29) is 17.4 Å². The van der Waals surface area contributed by atoms with E-state index in [0.717, 1.165) is 29.7 Å². The smallest absolute Gasteiger partial charge is 0.285 e. The summed E-state index contributed by atoms with van der Waals surface area (Å²) in [6.45, 7) is 5.01. The maximum absolute atomic E-state index is 13.4. The molecule has 172 valence electrons. The molecule has 0 amide bonds. The lowest BCUT2D eigenvalue weighted by atomic mass is 9.98.